The van der Waals surface area contributed by atoms with E-state index >= 15 is 4.39 Å². The third-order valence-electron chi connectivity index (χ3n) is 8.77. The average molecular weight is 576 g/mol. The van der Waals surface area contributed by atoms with Gasteiger partial charge in [0.15, 0.2) is 5.82 Å². The first-order valence-corrected chi connectivity index (χ1v) is 13.9. The van der Waals surface area contributed by atoms with E-state index < -0.39 is 29.4 Å². The van der Waals surface area contributed by atoms with Gasteiger partial charge >= 0.3 is 6.01 Å². The zero-order valence-electron chi connectivity index (χ0n) is 22.9. The first-order chi connectivity index (χ1) is 20.2. The number of benzene rings is 2. The number of halogens is 3. The number of terminal acetylenes is 1. The molecule has 2 aromatic heterocycles. The van der Waals surface area contributed by atoms with Crippen molar-refractivity contribution in [3.63, 3.8) is 0 Å². The lowest BCUT2D eigenvalue weighted by atomic mass is 9.95. The maximum Gasteiger partial charge on any atom is 0.319 e. The van der Waals surface area contributed by atoms with Crippen LogP contribution < -0.4 is 9.64 Å². The number of rotatable bonds is 5. The predicted molar refractivity (Wildman–Crippen MR) is 151 cm³/mol. The number of pyridine rings is 1. The summed E-state index contributed by atoms with van der Waals surface area (Å²) in [6, 6.07) is 5.29. The Labute approximate surface area is 239 Å². The highest BCUT2D eigenvalue weighted by atomic mass is 19.1. The van der Waals surface area contributed by atoms with E-state index in [0.29, 0.717) is 35.2 Å². The Morgan fingerprint density at radius 2 is 1.95 bits per heavy atom. The molecule has 5 heterocycles. The molecule has 2 aromatic carbocycles. The number of phenolic OH excluding ortho intramolecular Hbond substituents is 1. The first-order valence-electron chi connectivity index (χ1n) is 13.9. The molecule has 3 aliphatic rings. The second-order valence-electron chi connectivity index (χ2n) is 11.5. The van der Waals surface area contributed by atoms with Crippen LogP contribution in [0.4, 0.5) is 19.0 Å². The van der Waals surface area contributed by atoms with Gasteiger partial charge in [0.25, 0.3) is 0 Å². The minimum absolute atomic E-state index is 0.0750. The fraction of sp³-hybridized carbons (Fsp3) is 0.387. The molecule has 0 aliphatic carbocycles. The number of aliphatic hydroxyl groups is 1. The SMILES string of the molecule is C#Cc1c(F)ccc2cc(O)cc(-c3nc(C)c4c(N5CC(O)C5)nc(OC[C@@]56CCCN5C[C@H](F)C6)nc4c3F)c12. The number of phenols is 1. The van der Waals surface area contributed by atoms with Gasteiger partial charge in [-0.1, -0.05) is 12.0 Å². The standard InChI is InChI=1S/C31H28F3N5O3/c1-3-21-23(33)6-5-17-9-19(40)10-22(25(17)21)27-26(34)28-24(16(2)35-27)29(38-13-20(41)14-38)37-30(36-28)42-15-31-7-4-8-39(31)12-18(32)11-31/h1,5-6,9-10,18,20,40-41H,4,7-8,11-15H2,2H3/t18-,31+/m1/s1. The topological polar surface area (TPSA) is 94.8 Å². The Bertz CT molecular complexity index is 1810. The summed E-state index contributed by atoms with van der Waals surface area (Å²) in [5, 5.41) is 21.5. The number of hydrogen-bond acceptors (Lipinski definition) is 8. The molecule has 42 heavy (non-hydrogen) atoms. The van der Waals surface area contributed by atoms with Crippen molar-refractivity contribution in [3.05, 3.63) is 47.2 Å². The molecule has 216 valence electrons. The fourth-order valence-corrected chi connectivity index (χ4v) is 6.81. The molecule has 3 aliphatic heterocycles. The number of hydrogen-bond donors (Lipinski definition) is 2. The summed E-state index contributed by atoms with van der Waals surface area (Å²) in [5.41, 5.74) is -0.285. The molecule has 0 amide bonds. The predicted octanol–water partition coefficient (Wildman–Crippen LogP) is 4.25. The van der Waals surface area contributed by atoms with Gasteiger partial charge in [-0.25, -0.2) is 18.2 Å². The van der Waals surface area contributed by atoms with Crippen LogP contribution in [-0.4, -0.2) is 80.7 Å². The van der Waals surface area contributed by atoms with Gasteiger partial charge in [-0.3, -0.25) is 4.90 Å². The summed E-state index contributed by atoms with van der Waals surface area (Å²) in [5.74, 6) is 1.05. The lowest BCUT2D eigenvalue weighted by Crippen LogP contribution is -2.51. The summed E-state index contributed by atoms with van der Waals surface area (Å²) < 4.78 is 51.8. The molecule has 3 saturated heterocycles. The Morgan fingerprint density at radius 3 is 2.71 bits per heavy atom. The van der Waals surface area contributed by atoms with Crippen molar-refractivity contribution >= 4 is 27.5 Å². The largest absolute Gasteiger partial charge is 0.508 e. The monoisotopic (exact) mass is 575 g/mol. The molecule has 7 rings (SSSR count). The number of nitrogens with zero attached hydrogens (tertiary/aromatic N) is 5. The number of β-amino-alcohol motifs (C(OH)–C–C–N with tert-alkyl or cyclic N) is 1. The van der Waals surface area contributed by atoms with Crippen molar-refractivity contribution in [2.75, 3.05) is 37.7 Å². The number of ether oxygens (including phenoxy) is 1. The van der Waals surface area contributed by atoms with E-state index in [0.717, 1.165) is 19.4 Å². The molecule has 4 aromatic rings. The average Bonchev–Trinajstić information content (AvgIpc) is 3.47. The quantitative estimate of drug-likeness (QED) is 0.341. The Morgan fingerprint density at radius 1 is 1.14 bits per heavy atom. The van der Waals surface area contributed by atoms with Crippen molar-refractivity contribution in [2.24, 2.45) is 0 Å². The number of fused-ring (bicyclic) bond motifs is 3. The summed E-state index contributed by atoms with van der Waals surface area (Å²) >= 11 is 0. The minimum Gasteiger partial charge on any atom is -0.508 e. The lowest BCUT2D eigenvalue weighted by molar-refractivity contribution is 0.107. The first kappa shape index (κ1) is 26.7. The third kappa shape index (κ3) is 4.12. The van der Waals surface area contributed by atoms with Gasteiger partial charge in [0, 0.05) is 37.0 Å². The van der Waals surface area contributed by atoms with Crippen LogP contribution in [0.2, 0.25) is 0 Å². The van der Waals surface area contributed by atoms with E-state index in [-0.39, 0.29) is 59.2 Å². The van der Waals surface area contributed by atoms with E-state index in [4.69, 9.17) is 11.2 Å². The van der Waals surface area contributed by atoms with Crippen LogP contribution in [0.15, 0.2) is 24.3 Å². The van der Waals surface area contributed by atoms with Crippen molar-refractivity contribution < 1.29 is 28.1 Å². The van der Waals surface area contributed by atoms with Crippen LogP contribution in [0, 0.1) is 30.9 Å². The Balaban J connectivity index is 1.40. The van der Waals surface area contributed by atoms with Gasteiger partial charge in [0.05, 0.1) is 28.3 Å². The van der Waals surface area contributed by atoms with Crippen molar-refractivity contribution in [2.45, 2.75) is 44.0 Å². The summed E-state index contributed by atoms with van der Waals surface area (Å²) in [6.45, 7) is 3.56. The smallest absolute Gasteiger partial charge is 0.319 e. The highest BCUT2D eigenvalue weighted by Gasteiger charge is 2.49. The zero-order valence-corrected chi connectivity index (χ0v) is 22.9. The van der Waals surface area contributed by atoms with Gasteiger partial charge in [-0.15, -0.1) is 6.42 Å². The molecular formula is C31H28F3N5O3. The van der Waals surface area contributed by atoms with E-state index in [1.807, 2.05) is 0 Å². The fourth-order valence-electron chi connectivity index (χ4n) is 6.81. The number of aliphatic hydroxyl groups excluding tert-OH is 1. The van der Waals surface area contributed by atoms with E-state index in [2.05, 4.69) is 25.8 Å². The molecule has 11 heteroatoms. The lowest BCUT2D eigenvalue weighted by Gasteiger charge is -2.37. The van der Waals surface area contributed by atoms with Gasteiger partial charge < -0.3 is 19.8 Å². The maximum atomic E-state index is 16.6. The summed E-state index contributed by atoms with van der Waals surface area (Å²) in [7, 11) is 0. The zero-order chi connectivity index (χ0) is 29.3. The van der Waals surface area contributed by atoms with E-state index in [9.17, 15) is 19.0 Å². The second-order valence-corrected chi connectivity index (χ2v) is 11.5. The molecule has 0 saturated carbocycles. The second kappa shape index (κ2) is 9.71. The van der Waals surface area contributed by atoms with Crippen LogP contribution in [0.25, 0.3) is 32.9 Å². The number of anilines is 1. The van der Waals surface area contributed by atoms with Crippen molar-refractivity contribution in [1.29, 1.82) is 0 Å². The maximum absolute atomic E-state index is 16.6. The highest BCUT2D eigenvalue weighted by molar-refractivity contribution is 6.03. The number of aromatic nitrogens is 3. The molecule has 0 spiro atoms. The van der Waals surface area contributed by atoms with E-state index in [1.54, 1.807) is 11.8 Å². The van der Waals surface area contributed by atoms with Gasteiger partial charge in [0.1, 0.15) is 41.4 Å². The molecule has 2 N–H and O–H groups in total. The Kier molecular flexibility index (Phi) is 6.18. The van der Waals surface area contributed by atoms with Crippen LogP contribution in [0.5, 0.6) is 11.8 Å². The van der Waals surface area contributed by atoms with Crippen LogP contribution in [-0.2, 0) is 0 Å². The molecule has 8 nitrogen and oxygen atoms in total. The number of aromatic hydroxyl groups is 1. The molecular weight excluding hydrogens is 547 g/mol. The highest BCUT2D eigenvalue weighted by Crippen LogP contribution is 2.42. The van der Waals surface area contributed by atoms with Gasteiger partial charge in [0.2, 0.25) is 0 Å². The van der Waals surface area contributed by atoms with Crippen LogP contribution in [0.1, 0.15) is 30.5 Å². The molecule has 0 radical (unpaired) electrons. The molecule has 3 fully saturated rings. The molecule has 0 bridgehead atoms. The summed E-state index contributed by atoms with van der Waals surface area (Å²) in [4.78, 5) is 17.5. The normalized spacial score (nSPS) is 22.5. The third-order valence-corrected chi connectivity index (χ3v) is 8.77. The summed E-state index contributed by atoms with van der Waals surface area (Å²) in [6.07, 6.45) is 6.22. The number of aryl methyl sites for hydroxylation is 1. The van der Waals surface area contributed by atoms with Crippen LogP contribution in [0.3, 0.4) is 0 Å². The Hall–Kier alpha value is -4.14. The van der Waals surface area contributed by atoms with Crippen LogP contribution >= 0.6 is 0 Å². The van der Waals surface area contributed by atoms with E-state index in [1.165, 1.54) is 24.3 Å². The van der Waals surface area contributed by atoms with Gasteiger partial charge in [-0.2, -0.15) is 9.97 Å². The molecule has 2 atom stereocenters. The minimum atomic E-state index is -0.937. The number of alkyl halides is 1. The van der Waals surface area contributed by atoms with Crippen molar-refractivity contribution in [3.8, 4) is 35.4 Å². The molecule has 0 unspecified atom stereocenters. The van der Waals surface area contributed by atoms with Gasteiger partial charge in [-0.05, 0) is 49.9 Å². The van der Waals surface area contributed by atoms with Crippen molar-refractivity contribution in [1.82, 2.24) is 19.9 Å².